The molecule has 2 aromatic heterocycles. The smallest absolute Gasteiger partial charge is 0.258 e. The third-order valence-electron chi connectivity index (χ3n) is 4.86. The first kappa shape index (κ1) is 16.1. The van der Waals surface area contributed by atoms with Gasteiger partial charge >= 0.3 is 0 Å². The summed E-state index contributed by atoms with van der Waals surface area (Å²) in [5.41, 5.74) is -1.08. The average Bonchev–Trinajstić information content (AvgIpc) is 3.31. The molecule has 8 heteroatoms. The molecule has 2 saturated heterocycles. The second-order valence-electron chi connectivity index (χ2n) is 6.52. The number of carbonyl (C=O) groups excluding carboxylic acids is 1. The van der Waals surface area contributed by atoms with Crippen LogP contribution in [-0.4, -0.2) is 52.2 Å². The van der Waals surface area contributed by atoms with E-state index in [1.807, 2.05) is 0 Å². The molecular formula is C17H19FN4O3. The molecule has 1 amide bonds. The lowest BCUT2D eigenvalue weighted by Crippen LogP contribution is -2.38. The Labute approximate surface area is 144 Å². The van der Waals surface area contributed by atoms with E-state index in [0.717, 1.165) is 0 Å². The van der Waals surface area contributed by atoms with Gasteiger partial charge in [-0.3, -0.25) is 9.78 Å². The van der Waals surface area contributed by atoms with Crippen molar-refractivity contribution in [2.45, 2.75) is 24.9 Å². The van der Waals surface area contributed by atoms with Gasteiger partial charge in [0.1, 0.15) is 0 Å². The van der Waals surface area contributed by atoms with Crippen LogP contribution in [0.1, 0.15) is 25.1 Å². The van der Waals surface area contributed by atoms with Crippen LogP contribution < -0.4 is 0 Å². The number of nitrogens with zero attached hydrogens (tertiary/aromatic N) is 4. The molecule has 0 spiro atoms. The number of pyridine rings is 1. The summed E-state index contributed by atoms with van der Waals surface area (Å²) in [4.78, 5) is 22.3. The molecule has 2 aromatic rings. The van der Waals surface area contributed by atoms with E-state index < -0.39 is 5.67 Å². The number of aromatic nitrogens is 3. The number of alkyl halides is 1. The van der Waals surface area contributed by atoms with Gasteiger partial charge < -0.3 is 14.2 Å². The number of hydrogen-bond acceptors (Lipinski definition) is 6. The Morgan fingerprint density at radius 3 is 2.80 bits per heavy atom. The molecular weight excluding hydrogens is 327 g/mol. The summed E-state index contributed by atoms with van der Waals surface area (Å²) >= 11 is 0. The summed E-state index contributed by atoms with van der Waals surface area (Å²) < 4.78 is 25.8. The number of carbonyl (C=O) groups is 1. The summed E-state index contributed by atoms with van der Waals surface area (Å²) in [6, 6.07) is 3.44. The Kier molecular flexibility index (Phi) is 4.20. The zero-order valence-electron chi connectivity index (χ0n) is 13.7. The first-order valence-electron chi connectivity index (χ1n) is 8.46. The van der Waals surface area contributed by atoms with Crippen LogP contribution in [0, 0.1) is 5.92 Å². The van der Waals surface area contributed by atoms with Crippen LogP contribution in [0.15, 0.2) is 29.0 Å². The summed E-state index contributed by atoms with van der Waals surface area (Å²) in [7, 11) is 0. The van der Waals surface area contributed by atoms with Crippen LogP contribution in [0.4, 0.5) is 4.39 Å². The number of halogens is 1. The highest BCUT2D eigenvalue weighted by molar-refractivity contribution is 5.79. The Bertz CT molecular complexity index is 747. The minimum absolute atomic E-state index is 0.000627. The maximum atomic E-state index is 15.3. The van der Waals surface area contributed by atoms with Crippen molar-refractivity contribution < 1.29 is 18.4 Å². The molecule has 2 aliphatic heterocycles. The van der Waals surface area contributed by atoms with Crippen LogP contribution in [0.25, 0.3) is 11.5 Å². The topological polar surface area (TPSA) is 81.4 Å². The molecule has 0 aromatic carbocycles. The van der Waals surface area contributed by atoms with Gasteiger partial charge in [0.05, 0.1) is 6.54 Å². The van der Waals surface area contributed by atoms with Crippen molar-refractivity contribution in [2.24, 2.45) is 5.92 Å². The molecule has 0 radical (unpaired) electrons. The summed E-state index contributed by atoms with van der Waals surface area (Å²) in [6.07, 6.45) is 4.78. The van der Waals surface area contributed by atoms with E-state index >= 15 is 4.39 Å². The van der Waals surface area contributed by atoms with E-state index in [1.54, 1.807) is 29.4 Å². The van der Waals surface area contributed by atoms with Crippen molar-refractivity contribution in [1.29, 1.82) is 0 Å². The monoisotopic (exact) mass is 346 g/mol. The van der Waals surface area contributed by atoms with Crippen molar-refractivity contribution in [1.82, 2.24) is 20.0 Å². The predicted molar refractivity (Wildman–Crippen MR) is 85.1 cm³/mol. The maximum Gasteiger partial charge on any atom is 0.258 e. The lowest BCUT2D eigenvalue weighted by molar-refractivity contribution is -0.138. The molecule has 4 heterocycles. The fourth-order valence-corrected chi connectivity index (χ4v) is 3.36. The van der Waals surface area contributed by atoms with Crippen molar-refractivity contribution in [3.05, 3.63) is 30.4 Å². The lowest BCUT2D eigenvalue weighted by Gasteiger charge is -2.26. The fourth-order valence-electron chi connectivity index (χ4n) is 3.36. The Morgan fingerprint density at radius 1 is 1.28 bits per heavy atom. The van der Waals surface area contributed by atoms with E-state index in [9.17, 15) is 4.79 Å². The van der Waals surface area contributed by atoms with Crippen molar-refractivity contribution in [2.75, 3.05) is 26.3 Å². The van der Waals surface area contributed by atoms with Crippen LogP contribution in [0.2, 0.25) is 0 Å². The van der Waals surface area contributed by atoms with Crippen LogP contribution in [0.3, 0.4) is 0 Å². The molecule has 25 heavy (non-hydrogen) atoms. The minimum Gasteiger partial charge on any atom is -0.381 e. The van der Waals surface area contributed by atoms with Gasteiger partial charge in [-0.1, -0.05) is 5.16 Å². The third-order valence-corrected chi connectivity index (χ3v) is 4.86. The van der Waals surface area contributed by atoms with E-state index in [-0.39, 0.29) is 36.5 Å². The highest BCUT2D eigenvalue weighted by Crippen LogP contribution is 2.36. The van der Waals surface area contributed by atoms with Gasteiger partial charge in [-0.25, -0.2) is 4.39 Å². The quantitative estimate of drug-likeness (QED) is 0.845. The first-order chi connectivity index (χ1) is 12.2. The number of likely N-dealkylation sites (tertiary alicyclic amines) is 1. The normalized spacial score (nSPS) is 24.6. The third kappa shape index (κ3) is 3.13. The highest BCUT2D eigenvalue weighted by atomic mass is 19.1. The Morgan fingerprint density at radius 2 is 2.04 bits per heavy atom. The largest absolute Gasteiger partial charge is 0.381 e. The summed E-state index contributed by atoms with van der Waals surface area (Å²) in [5.74, 6) is 0.180. The molecule has 0 saturated carbocycles. The second-order valence-corrected chi connectivity index (χ2v) is 6.52. The van der Waals surface area contributed by atoms with Crippen LogP contribution >= 0.6 is 0 Å². The van der Waals surface area contributed by atoms with Crippen LogP contribution in [-0.2, 0) is 15.2 Å². The van der Waals surface area contributed by atoms with E-state index in [4.69, 9.17) is 9.26 Å². The SMILES string of the molecule is O=C(C1CCOCC1)N1CCC(F)(c2noc(-c3ccncc3)n2)C1. The molecule has 1 unspecified atom stereocenters. The number of ether oxygens (including phenoxy) is 1. The van der Waals surface area contributed by atoms with E-state index in [2.05, 4.69) is 15.1 Å². The molecule has 1 atom stereocenters. The van der Waals surface area contributed by atoms with Crippen molar-refractivity contribution >= 4 is 5.91 Å². The molecule has 0 bridgehead atoms. The van der Waals surface area contributed by atoms with Gasteiger partial charge in [0.15, 0.2) is 5.67 Å². The molecule has 2 fully saturated rings. The summed E-state index contributed by atoms with van der Waals surface area (Å²) in [6.45, 7) is 1.51. The van der Waals surface area contributed by atoms with Gasteiger partial charge in [-0.2, -0.15) is 4.98 Å². The zero-order valence-corrected chi connectivity index (χ0v) is 13.7. The Hall–Kier alpha value is -2.35. The van der Waals surface area contributed by atoms with Crippen molar-refractivity contribution in [3.8, 4) is 11.5 Å². The van der Waals surface area contributed by atoms with Gasteiger partial charge in [0.2, 0.25) is 11.7 Å². The second kappa shape index (κ2) is 6.51. The van der Waals surface area contributed by atoms with Crippen molar-refractivity contribution in [3.63, 3.8) is 0 Å². The molecule has 0 N–H and O–H groups in total. The minimum atomic E-state index is -1.77. The van der Waals surface area contributed by atoms with E-state index in [1.165, 1.54) is 0 Å². The Balaban J connectivity index is 1.48. The van der Waals surface area contributed by atoms with Gasteiger partial charge in [-0.15, -0.1) is 0 Å². The van der Waals surface area contributed by atoms with Gasteiger partial charge in [-0.05, 0) is 25.0 Å². The average molecular weight is 346 g/mol. The van der Waals surface area contributed by atoms with Gasteiger partial charge in [0.25, 0.3) is 5.89 Å². The standard InChI is InChI=1S/C17H19FN4O3/c18-17(16-20-14(25-21-16)12-1-6-19-7-2-12)5-8-22(11-17)15(23)13-3-9-24-10-4-13/h1-2,6-7,13H,3-5,8-11H2. The molecule has 2 aliphatic rings. The first-order valence-corrected chi connectivity index (χ1v) is 8.46. The lowest BCUT2D eigenvalue weighted by atomic mass is 9.99. The molecule has 7 nitrogen and oxygen atoms in total. The molecule has 132 valence electrons. The molecule has 4 rings (SSSR count). The zero-order chi connectivity index (χ0) is 17.3. The van der Waals surface area contributed by atoms with E-state index in [0.29, 0.717) is 38.2 Å². The highest BCUT2D eigenvalue weighted by Gasteiger charge is 2.46. The number of rotatable bonds is 3. The summed E-state index contributed by atoms with van der Waals surface area (Å²) in [5, 5.41) is 3.81. The van der Waals surface area contributed by atoms with Crippen LogP contribution in [0.5, 0.6) is 0 Å². The predicted octanol–water partition coefficient (Wildman–Crippen LogP) is 1.96. The molecule has 0 aliphatic carbocycles. The fraction of sp³-hybridized carbons (Fsp3) is 0.529. The maximum absolute atomic E-state index is 15.3. The number of amides is 1. The van der Waals surface area contributed by atoms with Gasteiger partial charge in [0, 0.05) is 50.1 Å². The number of hydrogen-bond donors (Lipinski definition) is 0.